The molecule has 0 atom stereocenters. The molecule has 15 heavy (non-hydrogen) atoms. The highest BCUT2D eigenvalue weighted by molar-refractivity contribution is 7.99. The van der Waals surface area contributed by atoms with Gasteiger partial charge in [-0.25, -0.2) is 0 Å². The second-order valence-corrected chi connectivity index (χ2v) is 5.13. The third kappa shape index (κ3) is 2.34. The summed E-state index contributed by atoms with van der Waals surface area (Å²) in [6.07, 6.45) is 4.84. The molecule has 5 heteroatoms. The number of aromatic nitrogens is 2. The summed E-state index contributed by atoms with van der Waals surface area (Å²) >= 11 is 1.56. The van der Waals surface area contributed by atoms with Crippen LogP contribution in [-0.2, 0) is 0 Å². The van der Waals surface area contributed by atoms with E-state index < -0.39 is 0 Å². The molecule has 2 rings (SSSR count). The summed E-state index contributed by atoms with van der Waals surface area (Å²) < 4.78 is 0. The molecule has 1 aromatic rings. The van der Waals surface area contributed by atoms with E-state index >= 15 is 0 Å². The molecule has 0 saturated heterocycles. The van der Waals surface area contributed by atoms with Gasteiger partial charge in [-0.1, -0.05) is 24.6 Å². The Morgan fingerprint density at radius 3 is 2.73 bits per heavy atom. The van der Waals surface area contributed by atoms with Crippen LogP contribution in [0, 0.1) is 6.92 Å². The van der Waals surface area contributed by atoms with Crippen LogP contribution in [0.25, 0.3) is 0 Å². The molecule has 4 nitrogen and oxygen atoms in total. The fourth-order valence-corrected chi connectivity index (χ4v) is 2.90. The van der Waals surface area contributed by atoms with Gasteiger partial charge in [0.2, 0.25) is 5.88 Å². The first-order valence-electron chi connectivity index (χ1n) is 5.13. The minimum absolute atomic E-state index is 0.153. The van der Waals surface area contributed by atoms with Crippen molar-refractivity contribution in [3.8, 4) is 5.88 Å². The van der Waals surface area contributed by atoms with Crippen molar-refractivity contribution >= 4 is 11.8 Å². The van der Waals surface area contributed by atoms with Crippen LogP contribution in [0.2, 0.25) is 0 Å². The maximum Gasteiger partial charge on any atom is 0.258 e. The molecule has 0 aliphatic heterocycles. The van der Waals surface area contributed by atoms with Gasteiger partial charge in [-0.05, 0) is 19.8 Å². The zero-order chi connectivity index (χ0) is 10.8. The fourth-order valence-electron chi connectivity index (χ4n) is 1.72. The molecule has 1 saturated carbocycles. The van der Waals surface area contributed by atoms with Gasteiger partial charge in [0.05, 0.1) is 5.56 Å². The quantitative estimate of drug-likeness (QED) is 0.755. The molecular formula is C10H14N2O2S. The Morgan fingerprint density at radius 2 is 2.13 bits per heavy atom. The number of aromatic amines is 1. The van der Waals surface area contributed by atoms with Gasteiger partial charge >= 0.3 is 0 Å². The summed E-state index contributed by atoms with van der Waals surface area (Å²) in [5, 5.41) is 10.5. The predicted molar refractivity (Wildman–Crippen MR) is 59.4 cm³/mol. The normalized spacial score (nSPS) is 17.1. The number of hydrogen-bond donors (Lipinski definition) is 2. The first kappa shape index (κ1) is 10.5. The van der Waals surface area contributed by atoms with Gasteiger partial charge in [-0.2, -0.15) is 4.98 Å². The molecule has 2 N–H and O–H groups in total. The maximum atomic E-state index is 11.4. The summed E-state index contributed by atoms with van der Waals surface area (Å²) in [6, 6.07) is 0. The third-order valence-electron chi connectivity index (χ3n) is 2.68. The molecule has 82 valence electrons. The summed E-state index contributed by atoms with van der Waals surface area (Å²) in [7, 11) is 0. The monoisotopic (exact) mass is 226 g/mol. The van der Waals surface area contributed by atoms with E-state index in [0.29, 0.717) is 10.4 Å². The van der Waals surface area contributed by atoms with Gasteiger partial charge in [0, 0.05) is 5.25 Å². The number of nitrogens with one attached hydrogen (secondary N) is 1. The molecule has 0 unspecified atom stereocenters. The minimum atomic E-state index is -0.247. The Kier molecular flexibility index (Phi) is 3.00. The van der Waals surface area contributed by atoms with Crippen LogP contribution in [-0.4, -0.2) is 20.3 Å². The van der Waals surface area contributed by atoms with Crippen LogP contribution in [0.4, 0.5) is 0 Å². The summed E-state index contributed by atoms with van der Waals surface area (Å²) in [6.45, 7) is 1.56. The van der Waals surface area contributed by atoms with Gasteiger partial charge in [0.1, 0.15) is 0 Å². The lowest BCUT2D eigenvalue weighted by Crippen LogP contribution is -2.12. The van der Waals surface area contributed by atoms with Crippen LogP contribution in [0.3, 0.4) is 0 Å². The van der Waals surface area contributed by atoms with Crippen LogP contribution >= 0.6 is 11.8 Å². The Hall–Kier alpha value is -0.970. The number of H-pyrrole nitrogens is 1. The number of thioether (sulfide) groups is 1. The third-order valence-corrected chi connectivity index (χ3v) is 3.91. The zero-order valence-corrected chi connectivity index (χ0v) is 9.43. The summed E-state index contributed by atoms with van der Waals surface area (Å²) in [5.74, 6) is -0.153. The molecule has 1 fully saturated rings. The Balaban J connectivity index is 2.18. The second kappa shape index (κ2) is 4.26. The molecule has 1 aromatic heterocycles. The van der Waals surface area contributed by atoms with Crippen molar-refractivity contribution in [1.82, 2.24) is 9.97 Å². The first-order chi connectivity index (χ1) is 7.16. The Labute approximate surface area is 92.1 Å². The summed E-state index contributed by atoms with van der Waals surface area (Å²) in [4.78, 5) is 18.0. The van der Waals surface area contributed by atoms with Crippen molar-refractivity contribution in [3.05, 3.63) is 15.9 Å². The van der Waals surface area contributed by atoms with Crippen molar-refractivity contribution in [2.45, 2.75) is 43.0 Å². The van der Waals surface area contributed by atoms with Crippen molar-refractivity contribution in [2.24, 2.45) is 0 Å². The average molecular weight is 226 g/mol. The smallest absolute Gasteiger partial charge is 0.258 e. The Morgan fingerprint density at radius 1 is 1.47 bits per heavy atom. The number of hydrogen-bond acceptors (Lipinski definition) is 4. The molecule has 0 aromatic carbocycles. The SMILES string of the molecule is Cc1c(O)nc(SC2CCCC2)[nH]c1=O. The van der Waals surface area contributed by atoms with E-state index in [2.05, 4.69) is 9.97 Å². The highest BCUT2D eigenvalue weighted by atomic mass is 32.2. The van der Waals surface area contributed by atoms with Crippen molar-refractivity contribution in [3.63, 3.8) is 0 Å². The average Bonchev–Trinajstić information content (AvgIpc) is 2.66. The molecular weight excluding hydrogens is 212 g/mol. The van der Waals surface area contributed by atoms with Gasteiger partial charge in [-0.3, -0.25) is 4.79 Å². The van der Waals surface area contributed by atoms with E-state index in [1.165, 1.54) is 25.7 Å². The lowest BCUT2D eigenvalue weighted by atomic mass is 10.4. The van der Waals surface area contributed by atoms with Gasteiger partial charge in [0.15, 0.2) is 5.16 Å². The number of rotatable bonds is 2. The molecule has 0 spiro atoms. The molecule has 1 aliphatic carbocycles. The predicted octanol–water partition coefficient (Wildman–Crippen LogP) is 1.82. The first-order valence-corrected chi connectivity index (χ1v) is 6.01. The van der Waals surface area contributed by atoms with Crippen molar-refractivity contribution < 1.29 is 5.11 Å². The maximum absolute atomic E-state index is 11.4. The van der Waals surface area contributed by atoms with Crippen molar-refractivity contribution in [1.29, 1.82) is 0 Å². The number of nitrogens with zero attached hydrogens (tertiary/aromatic N) is 1. The van der Waals surface area contributed by atoms with Gasteiger partial charge < -0.3 is 10.1 Å². The van der Waals surface area contributed by atoms with Crippen LogP contribution in [0.5, 0.6) is 5.88 Å². The standard InChI is InChI=1S/C10H14N2O2S/c1-6-8(13)11-10(12-9(6)14)15-7-4-2-3-5-7/h7H,2-5H2,1H3,(H2,11,12,13,14). The van der Waals surface area contributed by atoms with E-state index in [-0.39, 0.29) is 17.0 Å². The van der Waals surface area contributed by atoms with E-state index in [0.717, 1.165) is 0 Å². The Bertz CT molecular complexity index is 410. The van der Waals surface area contributed by atoms with E-state index in [9.17, 15) is 9.90 Å². The van der Waals surface area contributed by atoms with Gasteiger partial charge in [-0.15, -0.1) is 0 Å². The fraction of sp³-hybridized carbons (Fsp3) is 0.600. The topological polar surface area (TPSA) is 66.0 Å². The lowest BCUT2D eigenvalue weighted by molar-refractivity contribution is 0.439. The summed E-state index contributed by atoms with van der Waals surface area (Å²) in [5.41, 5.74) is 0.0359. The zero-order valence-electron chi connectivity index (χ0n) is 8.62. The molecule has 0 amide bonds. The molecule has 1 heterocycles. The molecule has 0 bridgehead atoms. The van der Waals surface area contributed by atoms with E-state index in [4.69, 9.17) is 0 Å². The van der Waals surface area contributed by atoms with Crippen molar-refractivity contribution in [2.75, 3.05) is 0 Å². The van der Waals surface area contributed by atoms with E-state index in [1.807, 2.05) is 0 Å². The minimum Gasteiger partial charge on any atom is -0.493 e. The second-order valence-electron chi connectivity index (χ2n) is 3.84. The highest BCUT2D eigenvalue weighted by Gasteiger charge is 2.18. The van der Waals surface area contributed by atoms with Crippen LogP contribution < -0.4 is 5.56 Å². The van der Waals surface area contributed by atoms with Gasteiger partial charge in [0.25, 0.3) is 5.56 Å². The highest BCUT2D eigenvalue weighted by Crippen LogP contribution is 2.33. The molecule has 0 radical (unpaired) electrons. The number of aromatic hydroxyl groups is 1. The van der Waals surface area contributed by atoms with E-state index in [1.54, 1.807) is 18.7 Å². The van der Waals surface area contributed by atoms with Crippen LogP contribution in [0.15, 0.2) is 9.95 Å². The largest absolute Gasteiger partial charge is 0.493 e. The molecule has 1 aliphatic rings. The van der Waals surface area contributed by atoms with Crippen LogP contribution in [0.1, 0.15) is 31.2 Å². The lowest BCUT2D eigenvalue weighted by Gasteiger charge is -2.07.